The first kappa shape index (κ1) is 15.5. The van der Waals surface area contributed by atoms with Crippen molar-refractivity contribution in [1.29, 1.82) is 0 Å². The summed E-state index contributed by atoms with van der Waals surface area (Å²) in [6.07, 6.45) is 1.89. The number of aryl methyl sites for hydroxylation is 1. The molecule has 1 aromatic heterocycles. The highest BCUT2D eigenvalue weighted by Crippen LogP contribution is 2.29. The van der Waals surface area contributed by atoms with Crippen molar-refractivity contribution < 1.29 is 14.7 Å². The van der Waals surface area contributed by atoms with E-state index in [4.69, 9.17) is 5.11 Å². The van der Waals surface area contributed by atoms with Crippen LogP contribution in [-0.4, -0.2) is 44.3 Å². The second kappa shape index (κ2) is 5.87. The molecule has 1 fully saturated rings. The molecular formula is C15H23N3O3. The molecule has 0 aliphatic heterocycles. The van der Waals surface area contributed by atoms with Crippen LogP contribution in [-0.2, 0) is 11.8 Å². The lowest BCUT2D eigenvalue weighted by Crippen LogP contribution is -2.38. The number of amides is 1. The topological polar surface area (TPSA) is 75.4 Å². The maximum Gasteiger partial charge on any atom is 0.308 e. The maximum absolute atomic E-state index is 12.6. The summed E-state index contributed by atoms with van der Waals surface area (Å²) in [5.41, 5.74) is 1.41. The molecule has 0 saturated heterocycles. The lowest BCUT2D eigenvalue weighted by atomic mass is 10.1. The van der Waals surface area contributed by atoms with Crippen molar-refractivity contribution in [3.63, 3.8) is 0 Å². The third kappa shape index (κ3) is 3.43. The van der Waals surface area contributed by atoms with E-state index in [1.54, 1.807) is 16.5 Å². The first-order valence-electron chi connectivity index (χ1n) is 7.39. The zero-order valence-corrected chi connectivity index (χ0v) is 13.0. The number of hydrogen-bond donors (Lipinski definition) is 1. The van der Waals surface area contributed by atoms with Gasteiger partial charge >= 0.3 is 5.97 Å². The summed E-state index contributed by atoms with van der Waals surface area (Å²) in [6.45, 7) is 5.97. The van der Waals surface area contributed by atoms with Crippen molar-refractivity contribution in [3.05, 3.63) is 17.5 Å². The quantitative estimate of drug-likeness (QED) is 0.868. The van der Waals surface area contributed by atoms with Crippen molar-refractivity contribution in [2.75, 3.05) is 6.54 Å². The van der Waals surface area contributed by atoms with Gasteiger partial charge in [0, 0.05) is 25.3 Å². The Kier molecular flexibility index (Phi) is 4.34. The summed E-state index contributed by atoms with van der Waals surface area (Å²) >= 11 is 0. The maximum atomic E-state index is 12.6. The molecule has 0 aromatic carbocycles. The highest BCUT2D eigenvalue weighted by Gasteiger charge is 2.36. The van der Waals surface area contributed by atoms with Crippen LogP contribution in [0.5, 0.6) is 0 Å². The molecule has 2 rings (SSSR count). The molecule has 1 atom stereocenters. The molecule has 1 aromatic rings. The van der Waals surface area contributed by atoms with Gasteiger partial charge in [0.1, 0.15) is 0 Å². The minimum Gasteiger partial charge on any atom is -0.481 e. The van der Waals surface area contributed by atoms with Crippen LogP contribution in [0.3, 0.4) is 0 Å². The van der Waals surface area contributed by atoms with Gasteiger partial charge in [-0.3, -0.25) is 14.3 Å². The molecule has 1 aliphatic rings. The molecule has 6 heteroatoms. The molecule has 0 unspecified atom stereocenters. The van der Waals surface area contributed by atoms with Gasteiger partial charge < -0.3 is 10.0 Å². The molecule has 21 heavy (non-hydrogen) atoms. The van der Waals surface area contributed by atoms with E-state index in [9.17, 15) is 9.59 Å². The molecule has 1 saturated carbocycles. The first-order chi connectivity index (χ1) is 9.81. The van der Waals surface area contributed by atoms with E-state index < -0.39 is 11.9 Å². The first-order valence-corrected chi connectivity index (χ1v) is 7.39. The van der Waals surface area contributed by atoms with E-state index in [-0.39, 0.29) is 24.4 Å². The van der Waals surface area contributed by atoms with E-state index in [0.717, 1.165) is 18.5 Å². The van der Waals surface area contributed by atoms with E-state index in [0.29, 0.717) is 5.69 Å². The van der Waals surface area contributed by atoms with E-state index in [1.807, 2.05) is 13.1 Å². The largest absolute Gasteiger partial charge is 0.481 e. The smallest absolute Gasteiger partial charge is 0.308 e. The Morgan fingerprint density at radius 1 is 1.43 bits per heavy atom. The van der Waals surface area contributed by atoms with Crippen LogP contribution in [0, 0.1) is 5.92 Å². The van der Waals surface area contributed by atoms with Crippen LogP contribution in [0.1, 0.15) is 55.7 Å². The molecule has 0 radical (unpaired) electrons. The fraction of sp³-hybridized carbons (Fsp3) is 0.667. The van der Waals surface area contributed by atoms with E-state index >= 15 is 0 Å². The number of carboxylic acid groups (broad SMARTS) is 1. The predicted molar refractivity (Wildman–Crippen MR) is 78.2 cm³/mol. The fourth-order valence-corrected chi connectivity index (χ4v) is 2.43. The molecule has 0 bridgehead atoms. The SMILES string of the molecule is CC(C)c1cc(C(=O)N(C[C@@H](C)C(=O)O)C2CC2)nn1C. The molecule has 6 nitrogen and oxygen atoms in total. The van der Waals surface area contributed by atoms with Gasteiger partial charge in [-0.25, -0.2) is 0 Å². The monoisotopic (exact) mass is 293 g/mol. The summed E-state index contributed by atoms with van der Waals surface area (Å²) in [7, 11) is 1.83. The molecule has 116 valence electrons. The molecule has 1 aliphatic carbocycles. The fourth-order valence-electron chi connectivity index (χ4n) is 2.43. The van der Waals surface area contributed by atoms with Gasteiger partial charge in [0.25, 0.3) is 5.91 Å². The Bertz CT molecular complexity index is 546. The van der Waals surface area contributed by atoms with Gasteiger partial charge in [-0.15, -0.1) is 0 Å². The van der Waals surface area contributed by atoms with Crippen molar-refractivity contribution in [2.24, 2.45) is 13.0 Å². The molecule has 1 heterocycles. The lowest BCUT2D eigenvalue weighted by Gasteiger charge is -2.23. The number of aromatic nitrogens is 2. The summed E-state index contributed by atoms with van der Waals surface area (Å²) in [5, 5.41) is 13.3. The van der Waals surface area contributed by atoms with Gasteiger partial charge in [-0.1, -0.05) is 20.8 Å². The van der Waals surface area contributed by atoms with Crippen LogP contribution in [0.2, 0.25) is 0 Å². The van der Waals surface area contributed by atoms with Gasteiger partial charge in [0.05, 0.1) is 5.92 Å². The van der Waals surface area contributed by atoms with Crippen LogP contribution >= 0.6 is 0 Å². The third-order valence-corrected chi connectivity index (χ3v) is 3.87. The molecule has 0 spiro atoms. The number of carboxylic acids is 1. The van der Waals surface area contributed by atoms with Gasteiger partial charge in [0.15, 0.2) is 5.69 Å². The molecule has 1 amide bonds. The zero-order chi connectivity index (χ0) is 15.7. The Morgan fingerprint density at radius 2 is 2.05 bits per heavy atom. The number of aliphatic carboxylic acids is 1. The second-order valence-corrected chi connectivity index (χ2v) is 6.16. The number of carbonyl (C=O) groups excluding carboxylic acids is 1. The minimum absolute atomic E-state index is 0.159. The van der Waals surface area contributed by atoms with Gasteiger partial charge in [0.2, 0.25) is 0 Å². The average molecular weight is 293 g/mol. The lowest BCUT2D eigenvalue weighted by molar-refractivity contribution is -0.141. The Balaban J connectivity index is 2.18. The van der Waals surface area contributed by atoms with Crippen LogP contribution in [0.15, 0.2) is 6.07 Å². The minimum atomic E-state index is -0.877. The molecule has 1 N–H and O–H groups in total. The second-order valence-electron chi connectivity index (χ2n) is 6.16. The van der Waals surface area contributed by atoms with Crippen molar-refractivity contribution >= 4 is 11.9 Å². The summed E-state index contributed by atoms with van der Waals surface area (Å²) in [5.74, 6) is -1.32. The Morgan fingerprint density at radius 3 is 2.48 bits per heavy atom. The summed E-state index contributed by atoms with van der Waals surface area (Å²) < 4.78 is 1.73. The number of hydrogen-bond acceptors (Lipinski definition) is 3. The van der Waals surface area contributed by atoms with Crippen LogP contribution in [0.4, 0.5) is 0 Å². The predicted octanol–water partition coefficient (Wildman–Crippen LogP) is 1.87. The highest BCUT2D eigenvalue weighted by atomic mass is 16.4. The van der Waals surface area contributed by atoms with Gasteiger partial charge in [-0.2, -0.15) is 5.10 Å². The average Bonchev–Trinajstić information content (AvgIpc) is 3.16. The van der Waals surface area contributed by atoms with E-state index in [2.05, 4.69) is 18.9 Å². The van der Waals surface area contributed by atoms with Crippen molar-refractivity contribution in [3.8, 4) is 0 Å². The Hall–Kier alpha value is -1.85. The number of carbonyl (C=O) groups is 2. The molecular weight excluding hydrogens is 270 g/mol. The number of rotatable bonds is 6. The van der Waals surface area contributed by atoms with E-state index in [1.165, 1.54) is 0 Å². The van der Waals surface area contributed by atoms with Crippen molar-refractivity contribution in [1.82, 2.24) is 14.7 Å². The third-order valence-electron chi connectivity index (χ3n) is 3.87. The van der Waals surface area contributed by atoms with Crippen molar-refractivity contribution in [2.45, 2.75) is 45.6 Å². The normalized spacial score (nSPS) is 16.0. The number of nitrogens with zero attached hydrogens (tertiary/aromatic N) is 3. The van der Waals surface area contributed by atoms with Gasteiger partial charge in [-0.05, 0) is 24.8 Å². The summed E-state index contributed by atoms with van der Waals surface area (Å²) in [4.78, 5) is 25.3. The highest BCUT2D eigenvalue weighted by molar-refractivity contribution is 5.93. The van der Waals surface area contributed by atoms with Crippen LogP contribution in [0.25, 0.3) is 0 Å². The Labute approximate surface area is 124 Å². The summed E-state index contributed by atoms with van der Waals surface area (Å²) in [6, 6.07) is 1.98. The standard InChI is InChI=1S/C15H23N3O3/c1-9(2)13-7-12(16-17(13)4)14(19)18(11-5-6-11)8-10(3)15(20)21/h7,9-11H,5-6,8H2,1-4H3,(H,20,21)/t10-/m1/s1. The van der Waals surface area contributed by atoms with Crippen LogP contribution < -0.4 is 0 Å². The zero-order valence-electron chi connectivity index (χ0n) is 13.0.